The van der Waals surface area contributed by atoms with Crippen molar-refractivity contribution in [3.8, 4) is 22.2 Å². The van der Waals surface area contributed by atoms with E-state index in [1.807, 2.05) is 35.7 Å². The number of benzene rings is 1. The lowest BCUT2D eigenvalue weighted by Crippen LogP contribution is -2.10. The molecule has 0 bridgehead atoms. The number of anilines is 1. The molecule has 3 aromatic heterocycles. The van der Waals surface area contributed by atoms with Gasteiger partial charge in [-0.15, -0.1) is 11.3 Å². The first-order valence-electron chi connectivity index (χ1n) is 7.12. The van der Waals surface area contributed by atoms with Crippen LogP contribution in [0.5, 0.6) is 0 Å². The lowest BCUT2D eigenvalue weighted by Gasteiger charge is -2.02. The molecule has 1 aromatic carbocycles. The molecule has 7 heteroatoms. The minimum absolute atomic E-state index is 0.258. The lowest BCUT2D eigenvalue weighted by molar-refractivity contribution is 0.102. The smallest absolute Gasteiger partial charge is 0.270 e. The predicted molar refractivity (Wildman–Crippen MR) is 89.7 cm³/mol. The van der Waals surface area contributed by atoms with Gasteiger partial charge in [0.1, 0.15) is 11.1 Å². The van der Waals surface area contributed by atoms with Crippen molar-refractivity contribution in [2.24, 2.45) is 0 Å². The van der Waals surface area contributed by atoms with Gasteiger partial charge in [-0.3, -0.25) is 4.79 Å². The SMILES string of the molecule is O=C(Nc1ccsc1-c1nc(-c2ccccc2)no1)c1ccoc1. The van der Waals surface area contributed by atoms with Gasteiger partial charge in [0.15, 0.2) is 0 Å². The number of carbonyl (C=O) groups excluding carboxylic acids is 1. The van der Waals surface area contributed by atoms with Crippen LogP contribution in [0.15, 0.2) is 69.3 Å². The summed E-state index contributed by atoms with van der Waals surface area (Å²) in [5.41, 5.74) is 1.94. The molecule has 0 atom stereocenters. The van der Waals surface area contributed by atoms with Gasteiger partial charge in [-0.25, -0.2) is 0 Å². The highest BCUT2D eigenvalue weighted by atomic mass is 32.1. The highest BCUT2D eigenvalue weighted by molar-refractivity contribution is 7.14. The molecule has 118 valence electrons. The van der Waals surface area contributed by atoms with E-state index in [1.165, 1.54) is 23.9 Å². The third-order valence-electron chi connectivity index (χ3n) is 3.35. The average molecular weight is 337 g/mol. The molecule has 3 heterocycles. The number of thiophene rings is 1. The van der Waals surface area contributed by atoms with E-state index in [9.17, 15) is 4.79 Å². The molecule has 0 fully saturated rings. The van der Waals surface area contributed by atoms with Crippen LogP contribution < -0.4 is 5.32 Å². The first kappa shape index (κ1) is 14.4. The second kappa shape index (κ2) is 6.13. The fourth-order valence-electron chi connectivity index (χ4n) is 2.18. The van der Waals surface area contributed by atoms with Gasteiger partial charge >= 0.3 is 0 Å². The lowest BCUT2D eigenvalue weighted by atomic mass is 10.2. The van der Waals surface area contributed by atoms with Crippen LogP contribution in [0.25, 0.3) is 22.2 Å². The standard InChI is InChI=1S/C17H11N3O3S/c21-16(12-6-8-22-10-12)18-13-7-9-24-14(13)17-19-15(20-23-17)11-4-2-1-3-5-11/h1-10H,(H,18,21). The molecule has 0 aliphatic heterocycles. The zero-order chi connectivity index (χ0) is 16.4. The Hall–Kier alpha value is -3.19. The number of nitrogens with one attached hydrogen (secondary N) is 1. The van der Waals surface area contributed by atoms with E-state index >= 15 is 0 Å². The Bertz CT molecular complexity index is 958. The summed E-state index contributed by atoms with van der Waals surface area (Å²) in [5, 5.41) is 8.68. The summed E-state index contributed by atoms with van der Waals surface area (Å²) in [6, 6.07) is 13.0. The Labute approximate surface area is 140 Å². The van der Waals surface area contributed by atoms with Gasteiger partial charge in [0.25, 0.3) is 11.8 Å². The number of amides is 1. The fourth-order valence-corrected chi connectivity index (χ4v) is 2.95. The number of rotatable bonds is 4. The first-order chi connectivity index (χ1) is 11.8. The number of carbonyl (C=O) groups is 1. The van der Waals surface area contributed by atoms with Crippen LogP contribution in [0, 0.1) is 0 Å². The molecule has 1 N–H and O–H groups in total. The van der Waals surface area contributed by atoms with Crippen molar-refractivity contribution in [3.63, 3.8) is 0 Å². The Morgan fingerprint density at radius 3 is 2.79 bits per heavy atom. The molecule has 6 nitrogen and oxygen atoms in total. The zero-order valence-corrected chi connectivity index (χ0v) is 13.1. The molecule has 0 spiro atoms. The maximum atomic E-state index is 12.2. The molecule has 0 aliphatic carbocycles. The van der Waals surface area contributed by atoms with Crippen LogP contribution in [0.3, 0.4) is 0 Å². The highest BCUT2D eigenvalue weighted by Gasteiger charge is 2.18. The zero-order valence-electron chi connectivity index (χ0n) is 12.3. The number of furan rings is 1. The molecule has 0 unspecified atom stereocenters. The normalized spacial score (nSPS) is 10.7. The minimum Gasteiger partial charge on any atom is -0.472 e. The maximum absolute atomic E-state index is 12.2. The van der Waals surface area contributed by atoms with E-state index in [2.05, 4.69) is 15.5 Å². The second-order valence-corrected chi connectivity index (χ2v) is 5.83. The van der Waals surface area contributed by atoms with Gasteiger partial charge in [-0.2, -0.15) is 4.98 Å². The van der Waals surface area contributed by atoms with Gasteiger partial charge in [-0.1, -0.05) is 35.5 Å². The third-order valence-corrected chi connectivity index (χ3v) is 4.25. The van der Waals surface area contributed by atoms with Gasteiger partial charge < -0.3 is 14.3 Å². The topological polar surface area (TPSA) is 81.2 Å². The maximum Gasteiger partial charge on any atom is 0.270 e. The summed E-state index contributed by atoms with van der Waals surface area (Å²) in [6.07, 6.45) is 2.84. The summed E-state index contributed by atoms with van der Waals surface area (Å²) < 4.78 is 10.3. The van der Waals surface area contributed by atoms with Crippen LogP contribution in [-0.4, -0.2) is 16.0 Å². The van der Waals surface area contributed by atoms with E-state index in [-0.39, 0.29) is 5.91 Å². The number of nitrogens with zero attached hydrogens (tertiary/aromatic N) is 2. The largest absolute Gasteiger partial charge is 0.472 e. The van der Waals surface area contributed by atoms with Crippen molar-refractivity contribution in [3.05, 3.63) is 65.9 Å². The molecular weight excluding hydrogens is 326 g/mol. The molecule has 4 aromatic rings. The fraction of sp³-hybridized carbons (Fsp3) is 0. The van der Waals surface area contributed by atoms with Crippen LogP contribution in [0.2, 0.25) is 0 Å². The van der Waals surface area contributed by atoms with Crippen LogP contribution in [0.1, 0.15) is 10.4 Å². The van der Waals surface area contributed by atoms with Gasteiger partial charge in [0.2, 0.25) is 5.82 Å². The Morgan fingerprint density at radius 1 is 1.12 bits per heavy atom. The molecule has 0 saturated heterocycles. The number of aromatic nitrogens is 2. The number of hydrogen-bond acceptors (Lipinski definition) is 6. The molecular formula is C17H11N3O3S. The summed E-state index contributed by atoms with van der Waals surface area (Å²) in [6.45, 7) is 0. The van der Waals surface area contributed by atoms with Crippen molar-refractivity contribution >= 4 is 22.9 Å². The minimum atomic E-state index is -0.258. The quantitative estimate of drug-likeness (QED) is 0.600. The Kier molecular flexibility index (Phi) is 3.68. The van der Waals surface area contributed by atoms with Gasteiger partial charge in [0, 0.05) is 5.56 Å². The van der Waals surface area contributed by atoms with Gasteiger partial charge in [-0.05, 0) is 17.5 Å². The van der Waals surface area contributed by atoms with Crippen LogP contribution in [-0.2, 0) is 0 Å². The monoisotopic (exact) mass is 337 g/mol. The van der Waals surface area contributed by atoms with Crippen molar-refractivity contribution in [1.29, 1.82) is 0 Å². The third kappa shape index (κ3) is 2.72. The van der Waals surface area contributed by atoms with Gasteiger partial charge in [0.05, 0.1) is 17.5 Å². The van der Waals surface area contributed by atoms with E-state index < -0.39 is 0 Å². The Balaban J connectivity index is 1.61. The van der Waals surface area contributed by atoms with E-state index in [0.29, 0.717) is 27.8 Å². The first-order valence-corrected chi connectivity index (χ1v) is 8.00. The van der Waals surface area contributed by atoms with Crippen molar-refractivity contribution in [1.82, 2.24) is 10.1 Å². The predicted octanol–water partition coefficient (Wildman–Crippen LogP) is 4.31. The molecule has 0 radical (unpaired) electrons. The van der Waals surface area contributed by atoms with Crippen molar-refractivity contribution < 1.29 is 13.7 Å². The molecule has 0 aliphatic rings. The average Bonchev–Trinajstić information content (AvgIpc) is 3.36. The van der Waals surface area contributed by atoms with Crippen LogP contribution >= 0.6 is 11.3 Å². The highest BCUT2D eigenvalue weighted by Crippen LogP contribution is 2.33. The summed E-state index contributed by atoms with van der Waals surface area (Å²) in [4.78, 5) is 17.3. The van der Waals surface area contributed by atoms with E-state index in [0.717, 1.165) is 5.56 Å². The van der Waals surface area contributed by atoms with E-state index in [4.69, 9.17) is 8.94 Å². The molecule has 1 amide bonds. The summed E-state index contributed by atoms with van der Waals surface area (Å²) in [5.74, 6) is 0.614. The van der Waals surface area contributed by atoms with E-state index in [1.54, 1.807) is 12.1 Å². The van der Waals surface area contributed by atoms with Crippen molar-refractivity contribution in [2.45, 2.75) is 0 Å². The molecule has 4 rings (SSSR count). The Morgan fingerprint density at radius 2 is 2.00 bits per heavy atom. The van der Waals surface area contributed by atoms with Crippen LogP contribution in [0.4, 0.5) is 5.69 Å². The molecule has 0 saturated carbocycles. The molecule has 24 heavy (non-hydrogen) atoms. The second-order valence-electron chi connectivity index (χ2n) is 4.92. The summed E-state index contributed by atoms with van der Waals surface area (Å²) >= 11 is 1.42. The van der Waals surface area contributed by atoms with Crippen molar-refractivity contribution in [2.75, 3.05) is 5.32 Å². The summed E-state index contributed by atoms with van der Waals surface area (Å²) in [7, 11) is 0. The number of hydrogen-bond donors (Lipinski definition) is 1.